The quantitative estimate of drug-likeness (QED) is 0.703. The van der Waals surface area contributed by atoms with E-state index in [2.05, 4.69) is 30.4 Å². The maximum Gasteiger partial charge on any atom is 0.173 e. The summed E-state index contributed by atoms with van der Waals surface area (Å²) in [6, 6.07) is 14.3. The smallest absolute Gasteiger partial charge is 0.173 e. The number of aryl methyl sites for hydroxylation is 1. The van der Waals surface area contributed by atoms with Crippen molar-refractivity contribution in [3.05, 3.63) is 54.0 Å². The Hall–Kier alpha value is -2.32. The Kier molecular flexibility index (Phi) is 7.31. The van der Waals surface area contributed by atoms with E-state index in [1.165, 1.54) is 18.4 Å². The fourth-order valence-electron chi connectivity index (χ4n) is 2.37. The van der Waals surface area contributed by atoms with Crippen LogP contribution in [0.15, 0.2) is 47.1 Å². The van der Waals surface area contributed by atoms with E-state index in [-0.39, 0.29) is 0 Å². The zero-order valence-corrected chi connectivity index (χ0v) is 14.8. The standard InChI is InChI=1S/C19H23N3OS/c1-2-3-6-16-8-10-17(11-9-16)21-19(24)22(13-5-12-20)15-18-7-4-14-23-18/h4,7-11,14H,2-3,5-6,13,15H2,1H3,(H,21,24). The molecule has 0 unspecified atom stereocenters. The van der Waals surface area contributed by atoms with Crippen LogP contribution in [0.25, 0.3) is 0 Å². The summed E-state index contributed by atoms with van der Waals surface area (Å²) in [4.78, 5) is 1.95. The maximum absolute atomic E-state index is 8.85. The average molecular weight is 341 g/mol. The molecule has 0 aliphatic heterocycles. The number of nitrogens with one attached hydrogen (secondary N) is 1. The minimum atomic E-state index is 0.415. The molecule has 0 spiro atoms. The maximum atomic E-state index is 8.85. The molecule has 0 fully saturated rings. The third-order valence-corrected chi connectivity index (χ3v) is 4.09. The van der Waals surface area contributed by atoms with E-state index in [4.69, 9.17) is 21.9 Å². The van der Waals surface area contributed by atoms with Gasteiger partial charge < -0.3 is 14.6 Å². The predicted octanol–water partition coefficient (Wildman–Crippen LogP) is 4.73. The van der Waals surface area contributed by atoms with Crippen LogP contribution in [-0.4, -0.2) is 16.6 Å². The monoisotopic (exact) mass is 341 g/mol. The molecule has 1 aromatic carbocycles. The number of hydrogen-bond acceptors (Lipinski definition) is 3. The van der Waals surface area contributed by atoms with Crippen LogP contribution in [0.3, 0.4) is 0 Å². The number of unbranched alkanes of at least 4 members (excludes halogenated alkanes) is 1. The van der Waals surface area contributed by atoms with Crippen LogP contribution in [0.1, 0.15) is 37.5 Å². The molecule has 0 amide bonds. The van der Waals surface area contributed by atoms with Gasteiger partial charge in [-0.3, -0.25) is 0 Å². The van der Waals surface area contributed by atoms with E-state index in [9.17, 15) is 0 Å². The molecule has 0 aliphatic carbocycles. The minimum Gasteiger partial charge on any atom is -0.467 e. The largest absolute Gasteiger partial charge is 0.467 e. The summed E-state index contributed by atoms with van der Waals surface area (Å²) in [6.07, 6.45) is 5.57. The van der Waals surface area contributed by atoms with Crippen LogP contribution in [-0.2, 0) is 13.0 Å². The van der Waals surface area contributed by atoms with Gasteiger partial charge >= 0.3 is 0 Å². The fraction of sp³-hybridized carbons (Fsp3) is 0.368. The first-order valence-corrected chi connectivity index (χ1v) is 8.68. The van der Waals surface area contributed by atoms with Crippen molar-refractivity contribution in [3.63, 3.8) is 0 Å². The molecule has 126 valence electrons. The summed E-state index contributed by atoms with van der Waals surface area (Å²) in [5.74, 6) is 0.826. The molecule has 1 N–H and O–H groups in total. The number of benzene rings is 1. The first-order chi connectivity index (χ1) is 11.7. The van der Waals surface area contributed by atoms with Crippen molar-refractivity contribution >= 4 is 23.0 Å². The van der Waals surface area contributed by atoms with Gasteiger partial charge in [0, 0.05) is 12.2 Å². The van der Waals surface area contributed by atoms with E-state index in [0.29, 0.717) is 24.6 Å². The summed E-state index contributed by atoms with van der Waals surface area (Å²) >= 11 is 5.51. The van der Waals surface area contributed by atoms with Gasteiger partial charge in [-0.05, 0) is 54.9 Å². The summed E-state index contributed by atoms with van der Waals surface area (Å²) < 4.78 is 5.39. The van der Waals surface area contributed by atoms with Crippen molar-refractivity contribution in [2.24, 2.45) is 0 Å². The molecule has 2 rings (SSSR count). The zero-order valence-electron chi connectivity index (χ0n) is 14.0. The Morgan fingerprint density at radius 2 is 2.08 bits per heavy atom. The van der Waals surface area contributed by atoms with Crippen molar-refractivity contribution in [1.82, 2.24) is 4.90 Å². The van der Waals surface area contributed by atoms with E-state index in [1.54, 1.807) is 6.26 Å². The van der Waals surface area contributed by atoms with Gasteiger partial charge in [0.25, 0.3) is 0 Å². The van der Waals surface area contributed by atoms with Gasteiger partial charge in [-0.2, -0.15) is 5.26 Å². The lowest BCUT2D eigenvalue weighted by Crippen LogP contribution is -2.34. The van der Waals surface area contributed by atoms with Crippen LogP contribution in [0.5, 0.6) is 0 Å². The predicted molar refractivity (Wildman–Crippen MR) is 101 cm³/mol. The van der Waals surface area contributed by atoms with Crippen LogP contribution < -0.4 is 5.32 Å². The number of nitriles is 1. The molecular formula is C19H23N3OS. The van der Waals surface area contributed by atoms with Gasteiger partial charge in [0.15, 0.2) is 5.11 Å². The van der Waals surface area contributed by atoms with E-state index < -0.39 is 0 Å². The Balaban J connectivity index is 1.97. The number of hydrogen-bond donors (Lipinski definition) is 1. The van der Waals surface area contributed by atoms with Crippen LogP contribution in [0.4, 0.5) is 5.69 Å². The third-order valence-electron chi connectivity index (χ3n) is 3.73. The molecule has 0 bridgehead atoms. The number of thiocarbonyl (C=S) groups is 1. The van der Waals surface area contributed by atoms with Gasteiger partial charge in [-0.25, -0.2) is 0 Å². The molecule has 1 heterocycles. The Bertz CT molecular complexity index is 659. The summed E-state index contributed by atoms with van der Waals surface area (Å²) in [5.41, 5.74) is 2.30. The fourth-order valence-corrected chi connectivity index (χ4v) is 2.64. The Morgan fingerprint density at radius 1 is 1.29 bits per heavy atom. The van der Waals surface area contributed by atoms with Crippen molar-refractivity contribution in [3.8, 4) is 6.07 Å². The van der Waals surface area contributed by atoms with Crippen molar-refractivity contribution in [1.29, 1.82) is 5.26 Å². The highest BCUT2D eigenvalue weighted by Crippen LogP contribution is 2.14. The number of anilines is 1. The summed E-state index contributed by atoms with van der Waals surface area (Å²) in [6.45, 7) is 3.32. The second kappa shape index (κ2) is 9.74. The van der Waals surface area contributed by atoms with Crippen LogP contribution in [0, 0.1) is 11.3 Å². The molecule has 0 saturated heterocycles. The molecule has 5 heteroatoms. The first kappa shape index (κ1) is 18.0. The lowest BCUT2D eigenvalue weighted by Gasteiger charge is -2.24. The number of nitrogens with zero attached hydrogens (tertiary/aromatic N) is 2. The van der Waals surface area contributed by atoms with Crippen molar-refractivity contribution in [2.45, 2.75) is 39.2 Å². The molecule has 1 aromatic heterocycles. The number of furan rings is 1. The molecule has 0 radical (unpaired) electrons. The van der Waals surface area contributed by atoms with Gasteiger partial charge in [0.2, 0.25) is 0 Å². The highest BCUT2D eigenvalue weighted by Gasteiger charge is 2.12. The molecule has 0 saturated carbocycles. The normalized spacial score (nSPS) is 10.2. The molecule has 0 atom stereocenters. The third kappa shape index (κ3) is 5.71. The lowest BCUT2D eigenvalue weighted by molar-refractivity contribution is 0.371. The van der Waals surface area contributed by atoms with E-state index >= 15 is 0 Å². The Labute approximate surface area is 149 Å². The average Bonchev–Trinajstić information content (AvgIpc) is 3.11. The van der Waals surface area contributed by atoms with Crippen LogP contribution >= 0.6 is 12.2 Å². The van der Waals surface area contributed by atoms with Gasteiger partial charge in [0.1, 0.15) is 5.76 Å². The highest BCUT2D eigenvalue weighted by molar-refractivity contribution is 7.80. The second-order valence-electron chi connectivity index (χ2n) is 5.64. The summed E-state index contributed by atoms with van der Waals surface area (Å²) in [7, 11) is 0. The topological polar surface area (TPSA) is 52.2 Å². The van der Waals surface area contributed by atoms with Gasteiger partial charge in [0.05, 0.1) is 25.3 Å². The molecular weight excluding hydrogens is 318 g/mol. The number of rotatable bonds is 8. The summed E-state index contributed by atoms with van der Waals surface area (Å²) in [5, 5.41) is 12.7. The lowest BCUT2D eigenvalue weighted by atomic mass is 10.1. The molecule has 24 heavy (non-hydrogen) atoms. The first-order valence-electron chi connectivity index (χ1n) is 8.27. The molecule has 2 aromatic rings. The van der Waals surface area contributed by atoms with Crippen molar-refractivity contribution in [2.75, 3.05) is 11.9 Å². The molecule has 4 nitrogen and oxygen atoms in total. The molecule has 0 aliphatic rings. The van der Waals surface area contributed by atoms with Gasteiger partial charge in [-0.15, -0.1) is 0 Å². The van der Waals surface area contributed by atoms with Crippen LogP contribution in [0.2, 0.25) is 0 Å². The minimum absolute atomic E-state index is 0.415. The van der Waals surface area contributed by atoms with Gasteiger partial charge in [-0.1, -0.05) is 25.5 Å². The Morgan fingerprint density at radius 3 is 2.71 bits per heavy atom. The van der Waals surface area contributed by atoms with E-state index in [0.717, 1.165) is 17.9 Å². The zero-order chi connectivity index (χ0) is 17.2. The van der Waals surface area contributed by atoms with Crippen molar-refractivity contribution < 1.29 is 4.42 Å². The second-order valence-corrected chi connectivity index (χ2v) is 6.03. The highest BCUT2D eigenvalue weighted by atomic mass is 32.1. The SMILES string of the molecule is CCCCc1ccc(NC(=S)N(CCC#N)Cc2ccco2)cc1. The van der Waals surface area contributed by atoms with E-state index in [1.807, 2.05) is 29.2 Å².